The van der Waals surface area contributed by atoms with Crippen molar-refractivity contribution in [3.05, 3.63) is 35.9 Å². The van der Waals surface area contributed by atoms with Crippen molar-refractivity contribution in [3.8, 4) is 0 Å². The van der Waals surface area contributed by atoms with Gasteiger partial charge in [0.15, 0.2) is 5.96 Å². The summed E-state index contributed by atoms with van der Waals surface area (Å²) in [6.07, 6.45) is 0.340. The van der Waals surface area contributed by atoms with Gasteiger partial charge in [0, 0.05) is 26.2 Å². The number of aliphatic imine (C=N–C) groups is 1. The molecule has 0 heterocycles. The molecule has 0 aliphatic carbocycles. The molecule has 0 radical (unpaired) electrons. The van der Waals surface area contributed by atoms with E-state index in [1.54, 1.807) is 0 Å². The molecule has 160 valence electrons. The van der Waals surface area contributed by atoms with Crippen molar-refractivity contribution >= 4 is 36.0 Å². The lowest BCUT2D eigenvalue weighted by molar-refractivity contribution is 0.0527. The normalized spacial score (nSPS) is 11.4. The van der Waals surface area contributed by atoms with Crippen LogP contribution in [0.1, 0.15) is 39.7 Å². The molecule has 0 atom stereocenters. The minimum Gasteiger partial charge on any atom is -0.444 e. The van der Waals surface area contributed by atoms with Gasteiger partial charge in [0.1, 0.15) is 5.60 Å². The fourth-order valence-corrected chi connectivity index (χ4v) is 2.12. The Bertz CT molecular complexity index is 562. The Morgan fingerprint density at radius 2 is 1.79 bits per heavy atom. The zero-order chi connectivity index (χ0) is 20.0. The molecule has 0 fully saturated rings. The van der Waals surface area contributed by atoms with Gasteiger partial charge in [-0.3, -0.25) is 4.99 Å². The Morgan fingerprint density at radius 3 is 2.43 bits per heavy atom. The molecule has 1 amide bonds. The summed E-state index contributed by atoms with van der Waals surface area (Å²) in [4.78, 5) is 16.0. The van der Waals surface area contributed by atoms with Gasteiger partial charge in [0.2, 0.25) is 0 Å². The molecule has 3 N–H and O–H groups in total. The number of nitrogens with one attached hydrogen (secondary N) is 3. The van der Waals surface area contributed by atoms with E-state index in [1.807, 2.05) is 58.0 Å². The minimum atomic E-state index is -0.479. The smallest absolute Gasteiger partial charge is 0.407 e. The van der Waals surface area contributed by atoms with Gasteiger partial charge in [-0.2, -0.15) is 0 Å². The lowest BCUT2D eigenvalue weighted by Gasteiger charge is -2.19. The van der Waals surface area contributed by atoms with Crippen molar-refractivity contribution in [2.75, 3.05) is 32.8 Å². The van der Waals surface area contributed by atoms with Crippen LogP contribution < -0.4 is 16.0 Å². The SMILES string of the molecule is CCNC(=NCCCNC(=O)OC(C)(C)C)NCCOCc1ccccc1.I. The number of halogens is 1. The van der Waals surface area contributed by atoms with Crippen LogP contribution in [0.4, 0.5) is 4.79 Å². The number of rotatable bonds is 10. The van der Waals surface area contributed by atoms with E-state index in [0.717, 1.165) is 24.5 Å². The number of carbonyl (C=O) groups excluding carboxylic acids is 1. The predicted molar refractivity (Wildman–Crippen MR) is 124 cm³/mol. The molecule has 0 aliphatic heterocycles. The summed E-state index contributed by atoms with van der Waals surface area (Å²) in [5.41, 5.74) is 0.683. The Balaban J connectivity index is 0.00000729. The third-order valence-corrected chi connectivity index (χ3v) is 3.27. The summed E-state index contributed by atoms with van der Waals surface area (Å²) in [6, 6.07) is 10.1. The molecule has 1 rings (SSSR count). The van der Waals surface area contributed by atoms with Crippen LogP contribution in [0.15, 0.2) is 35.3 Å². The molecule has 0 unspecified atom stereocenters. The quantitative estimate of drug-likeness (QED) is 0.196. The maximum atomic E-state index is 11.6. The van der Waals surface area contributed by atoms with Crippen molar-refractivity contribution < 1.29 is 14.3 Å². The van der Waals surface area contributed by atoms with E-state index in [1.165, 1.54) is 0 Å². The zero-order valence-corrected chi connectivity index (χ0v) is 19.7. The molecule has 0 aliphatic rings. The average Bonchev–Trinajstić information content (AvgIpc) is 2.60. The highest BCUT2D eigenvalue weighted by atomic mass is 127. The van der Waals surface area contributed by atoms with Crippen molar-refractivity contribution in [3.63, 3.8) is 0 Å². The van der Waals surface area contributed by atoms with Gasteiger partial charge in [-0.25, -0.2) is 4.79 Å². The van der Waals surface area contributed by atoms with Gasteiger partial charge in [0.25, 0.3) is 0 Å². The first kappa shape index (κ1) is 26.4. The Labute approximate surface area is 186 Å². The highest BCUT2D eigenvalue weighted by molar-refractivity contribution is 14.0. The van der Waals surface area contributed by atoms with Crippen LogP contribution in [-0.2, 0) is 16.1 Å². The maximum Gasteiger partial charge on any atom is 0.407 e. The Morgan fingerprint density at radius 1 is 1.07 bits per heavy atom. The molecule has 0 saturated carbocycles. The monoisotopic (exact) mass is 506 g/mol. The summed E-state index contributed by atoms with van der Waals surface area (Å²) in [6.45, 7) is 11.3. The summed E-state index contributed by atoms with van der Waals surface area (Å²) in [5, 5.41) is 9.16. The van der Waals surface area contributed by atoms with E-state index in [-0.39, 0.29) is 24.0 Å². The molecular formula is C20H35IN4O3. The van der Waals surface area contributed by atoms with Crippen LogP contribution in [0, 0.1) is 0 Å². The first-order valence-electron chi connectivity index (χ1n) is 9.51. The largest absolute Gasteiger partial charge is 0.444 e. The van der Waals surface area contributed by atoms with E-state index < -0.39 is 11.7 Å². The lowest BCUT2D eigenvalue weighted by atomic mass is 10.2. The van der Waals surface area contributed by atoms with E-state index in [9.17, 15) is 4.79 Å². The van der Waals surface area contributed by atoms with E-state index >= 15 is 0 Å². The molecule has 0 bridgehead atoms. The number of nitrogens with zero attached hydrogens (tertiary/aromatic N) is 1. The van der Waals surface area contributed by atoms with Crippen molar-refractivity contribution in [1.29, 1.82) is 0 Å². The van der Waals surface area contributed by atoms with Gasteiger partial charge in [-0.05, 0) is 39.7 Å². The number of benzene rings is 1. The van der Waals surface area contributed by atoms with Crippen molar-refractivity contribution in [2.45, 2.75) is 46.3 Å². The molecule has 0 spiro atoms. The molecule has 8 heteroatoms. The minimum absolute atomic E-state index is 0. The predicted octanol–water partition coefficient (Wildman–Crippen LogP) is 3.29. The molecule has 7 nitrogen and oxygen atoms in total. The summed E-state index contributed by atoms with van der Waals surface area (Å²) in [5.74, 6) is 0.748. The third-order valence-electron chi connectivity index (χ3n) is 3.27. The van der Waals surface area contributed by atoms with Crippen LogP contribution >= 0.6 is 24.0 Å². The Kier molecular flexibility index (Phi) is 14.5. The fourth-order valence-electron chi connectivity index (χ4n) is 2.12. The topological polar surface area (TPSA) is 84.0 Å². The second-order valence-corrected chi connectivity index (χ2v) is 7.01. The number of carbonyl (C=O) groups is 1. The highest BCUT2D eigenvalue weighted by Gasteiger charge is 2.15. The van der Waals surface area contributed by atoms with Crippen LogP contribution in [0.2, 0.25) is 0 Å². The third kappa shape index (κ3) is 14.5. The number of amides is 1. The zero-order valence-electron chi connectivity index (χ0n) is 17.4. The molecule has 0 aromatic heterocycles. The van der Waals surface area contributed by atoms with Crippen LogP contribution in [0.3, 0.4) is 0 Å². The average molecular weight is 506 g/mol. The van der Waals surface area contributed by atoms with Gasteiger partial charge in [-0.1, -0.05) is 30.3 Å². The summed E-state index contributed by atoms with van der Waals surface area (Å²) in [7, 11) is 0. The number of hydrogen-bond acceptors (Lipinski definition) is 4. The van der Waals surface area contributed by atoms with Gasteiger partial charge in [-0.15, -0.1) is 24.0 Å². The fraction of sp³-hybridized carbons (Fsp3) is 0.600. The second kappa shape index (κ2) is 15.4. The second-order valence-electron chi connectivity index (χ2n) is 7.01. The van der Waals surface area contributed by atoms with Crippen LogP contribution in [-0.4, -0.2) is 50.4 Å². The Hall–Kier alpha value is -1.55. The van der Waals surface area contributed by atoms with Gasteiger partial charge >= 0.3 is 6.09 Å². The first-order valence-corrected chi connectivity index (χ1v) is 9.51. The van der Waals surface area contributed by atoms with Crippen LogP contribution in [0.25, 0.3) is 0 Å². The number of hydrogen-bond donors (Lipinski definition) is 3. The first-order chi connectivity index (χ1) is 12.9. The van der Waals surface area contributed by atoms with E-state index in [0.29, 0.717) is 32.8 Å². The maximum absolute atomic E-state index is 11.6. The van der Waals surface area contributed by atoms with E-state index in [2.05, 4.69) is 20.9 Å². The van der Waals surface area contributed by atoms with Crippen molar-refractivity contribution in [2.24, 2.45) is 4.99 Å². The number of guanidine groups is 1. The summed E-state index contributed by atoms with van der Waals surface area (Å²) < 4.78 is 10.8. The highest BCUT2D eigenvalue weighted by Crippen LogP contribution is 2.06. The molecule has 1 aromatic carbocycles. The van der Waals surface area contributed by atoms with Crippen LogP contribution in [0.5, 0.6) is 0 Å². The number of ether oxygens (including phenoxy) is 2. The van der Waals surface area contributed by atoms with E-state index in [4.69, 9.17) is 9.47 Å². The lowest BCUT2D eigenvalue weighted by Crippen LogP contribution is -2.39. The van der Waals surface area contributed by atoms with Gasteiger partial charge < -0.3 is 25.4 Å². The van der Waals surface area contributed by atoms with Gasteiger partial charge in [0.05, 0.1) is 13.2 Å². The number of alkyl carbamates (subject to hydrolysis) is 1. The standard InChI is InChI=1S/C20H34N4O3.HI/c1-5-21-18(22-12-9-13-24-19(25)27-20(2,3)4)23-14-15-26-16-17-10-7-6-8-11-17;/h6-8,10-11H,5,9,12-16H2,1-4H3,(H,24,25)(H2,21,22,23);1H. The molecule has 0 saturated heterocycles. The molecule has 28 heavy (non-hydrogen) atoms. The summed E-state index contributed by atoms with van der Waals surface area (Å²) >= 11 is 0. The molecular weight excluding hydrogens is 471 g/mol. The van der Waals surface area contributed by atoms with Crippen molar-refractivity contribution in [1.82, 2.24) is 16.0 Å². The molecule has 1 aromatic rings.